The summed E-state index contributed by atoms with van der Waals surface area (Å²) in [6, 6.07) is 5.11. The molecule has 0 unspecified atom stereocenters. The second-order valence-corrected chi connectivity index (χ2v) is 4.25. The first kappa shape index (κ1) is 16.1. The van der Waals surface area contributed by atoms with Gasteiger partial charge in [-0.25, -0.2) is 21.5 Å². The number of nitrogens with zero attached hydrogens (tertiary/aromatic N) is 2. The number of carbonyl (C=O) groups excluding carboxylic acids is 1. The van der Waals surface area contributed by atoms with Gasteiger partial charge in [0.1, 0.15) is 0 Å². The zero-order valence-corrected chi connectivity index (χ0v) is 12.7. The van der Waals surface area contributed by atoms with Crippen molar-refractivity contribution >= 4 is 34.3 Å². The van der Waals surface area contributed by atoms with E-state index in [0.29, 0.717) is 5.69 Å². The van der Waals surface area contributed by atoms with E-state index in [9.17, 15) is 4.79 Å². The van der Waals surface area contributed by atoms with Gasteiger partial charge in [0.25, 0.3) is 0 Å². The predicted molar refractivity (Wildman–Crippen MR) is 79.3 cm³/mol. The van der Waals surface area contributed by atoms with Gasteiger partial charge in [0.2, 0.25) is 0 Å². The molecule has 0 saturated heterocycles. The SMILES string of the molecule is CC.Cc1cccc(N(N)C(=O)N(C)N)c1I. The molecule has 1 rings (SSSR count). The van der Waals surface area contributed by atoms with E-state index in [0.717, 1.165) is 19.2 Å². The number of hydrazine groups is 2. The number of urea groups is 1. The Morgan fingerprint density at radius 1 is 1.29 bits per heavy atom. The number of rotatable bonds is 1. The molecule has 0 saturated carbocycles. The van der Waals surface area contributed by atoms with Crippen molar-refractivity contribution in [2.75, 3.05) is 12.1 Å². The van der Waals surface area contributed by atoms with Gasteiger partial charge in [0.15, 0.2) is 0 Å². The summed E-state index contributed by atoms with van der Waals surface area (Å²) in [6.07, 6.45) is 0. The quantitative estimate of drug-likeness (QED) is 0.353. The van der Waals surface area contributed by atoms with Crippen molar-refractivity contribution in [2.45, 2.75) is 20.8 Å². The van der Waals surface area contributed by atoms with Crippen LogP contribution in [0.5, 0.6) is 0 Å². The number of benzene rings is 1. The van der Waals surface area contributed by atoms with Gasteiger partial charge in [-0.05, 0) is 41.1 Å². The zero-order chi connectivity index (χ0) is 13.6. The van der Waals surface area contributed by atoms with E-state index in [-0.39, 0.29) is 0 Å². The normalized spacial score (nSPS) is 9.12. The van der Waals surface area contributed by atoms with Gasteiger partial charge < -0.3 is 0 Å². The maximum atomic E-state index is 11.5. The van der Waals surface area contributed by atoms with Gasteiger partial charge in [-0.1, -0.05) is 26.0 Å². The molecule has 0 fully saturated rings. The maximum Gasteiger partial charge on any atom is 0.352 e. The molecule has 0 aliphatic carbocycles. The summed E-state index contributed by atoms with van der Waals surface area (Å²) in [5.74, 6) is 11.0. The molecule has 4 N–H and O–H groups in total. The summed E-state index contributed by atoms with van der Waals surface area (Å²) in [4.78, 5) is 11.5. The van der Waals surface area contributed by atoms with E-state index < -0.39 is 6.03 Å². The lowest BCUT2D eigenvalue weighted by Crippen LogP contribution is -2.48. The first-order valence-electron chi connectivity index (χ1n) is 5.27. The van der Waals surface area contributed by atoms with Crippen molar-refractivity contribution in [2.24, 2.45) is 11.7 Å². The van der Waals surface area contributed by atoms with E-state index in [4.69, 9.17) is 11.7 Å². The van der Waals surface area contributed by atoms with Crippen molar-refractivity contribution in [3.8, 4) is 0 Å². The lowest BCUT2D eigenvalue weighted by Gasteiger charge is -2.22. The Balaban J connectivity index is 0.00000121. The fourth-order valence-electron chi connectivity index (χ4n) is 1.09. The third-order valence-corrected chi connectivity index (χ3v) is 3.34. The zero-order valence-electron chi connectivity index (χ0n) is 10.6. The molecule has 0 aliphatic heterocycles. The molecule has 6 heteroatoms. The third kappa shape index (κ3) is 4.14. The summed E-state index contributed by atoms with van der Waals surface area (Å²) in [7, 11) is 1.45. The smallest absolute Gasteiger partial charge is 0.264 e. The average molecular weight is 350 g/mol. The van der Waals surface area contributed by atoms with Crippen LogP contribution < -0.4 is 16.7 Å². The molecule has 0 atom stereocenters. The van der Waals surface area contributed by atoms with Crippen molar-refractivity contribution < 1.29 is 4.79 Å². The fraction of sp³-hybridized carbons (Fsp3) is 0.364. The number of aryl methyl sites for hydroxylation is 1. The van der Waals surface area contributed by atoms with E-state index in [2.05, 4.69) is 22.6 Å². The van der Waals surface area contributed by atoms with E-state index in [1.807, 2.05) is 32.9 Å². The van der Waals surface area contributed by atoms with Crippen LogP contribution in [0.25, 0.3) is 0 Å². The van der Waals surface area contributed by atoms with Crippen LogP contribution in [0.1, 0.15) is 19.4 Å². The summed E-state index contributed by atoms with van der Waals surface area (Å²) in [5.41, 5.74) is 1.72. The number of hydrogen-bond donors (Lipinski definition) is 2. The fourth-order valence-corrected chi connectivity index (χ4v) is 1.71. The van der Waals surface area contributed by atoms with Gasteiger partial charge in [-0.15, -0.1) is 0 Å². The molecule has 5 nitrogen and oxygen atoms in total. The Kier molecular flexibility index (Phi) is 7.09. The number of hydrogen-bond acceptors (Lipinski definition) is 3. The standard InChI is InChI=1S/C9H13IN4O.C2H6/c1-6-4-3-5-7(8(6)10)14(12)9(15)13(2)11;1-2/h3-5H,11-12H2,1-2H3;1-2H3. The van der Waals surface area contributed by atoms with Crippen LogP contribution in [0.15, 0.2) is 18.2 Å². The Morgan fingerprint density at radius 2 is 1.82 bits per heavy atom. The number of halogens is 1. The molecule has 17 heavy (non-hydrogen) atoms. The van der Waals surface area contributed by atoms with Crippen LogP contribution in [0.3, 0.4) is 0 Å². The molecule has 0 aliphatic rings. The molecule has 0 radical (unpaired) electrons. The first-order valence-corrected chi connectivity index (χ1v) is 6.35. The highest BCUT2D eigenvalue weighted by molar-refractivity contribution is 14.1. The topological polar surface area (TPSA) is 75.6 Å². The Labute approximate surface area is 116 Å². The van der Waals surface area contributed by atoms with Crippen molar-refractivity contribution in [3.05, 3.63) is 27.3 Å². The predicted octanol–water partition coefficient (Wildman–Crippen LogP) is 2.23. The van der Waals surface area contributed by atoms with Crippen LogP contribution in [0, 0.1) is 10.5 Å². The van der Waals surface area contributed by atoms with Gasteiger partial charge in [-0.2, -0.15) is 0 Å². The second kappa shape index (κ2) is 7.46. The number of nitrogens with two attached hydrogens (primary N) is 2. The Hall–Kier alpha value is -0.860. The third-order valence-electron chi connectivity index (χ3n) is 1.94. The maximum absolute atomic E-state index is 11.5. The molecule has 0 spiro atoms. The highest BCUT2D eigenvalue weighted by Gasteiger charge is 2.16. The van der Waals surface area contributed by atoms with Crippen molar-refractivity contribution in [1.29, 1.82) is 0 Å². The number of amides is 2. The van der Waals surface area contributed by atoms with Crippen molar-refractivity contribution in [1.82, 2.24) is 5.01 Å². The van der Waals surface area contributed by atoms with E-state index in [1.165, 1.54) is 7.05 Å². The lowest BCUT2D eigenvalue weighted by atomic mass is 10.2. The average Bonchev–Trinajstić information content (AvgIpc) is 2.33. The van der Waals surface area contributed by atoms with Crippen LogP contribution in [-0.4, -0.2) is 18.1 Å². The first-order chi connectivity index (χ1) is 7.95. The molecule has 0 bridgehead atoms. The van der Waals surface area contributed by atoms with Crippen LogP contribution in [-0.2, 0) is 0 Å². The minimum atomic E-state index is -0.460. The monoisotopic (exact) mass is 350 g/mol. The largest absolute Gasteiger partial charge is 0.352 e. The second-order valence-electron chi connectivity index (χ2n) is 3.17. The highest BCUT2D eigenvalue weighted by Crippen LogP contribution is 2.23. The highest BCUT2D eigenvalue weighted by atomic mass is 127. The molecular formula is C11H19IN4O. The molecule has 96 valence electrons. The molecule has 1 aromatic carbocycles. The summed E-state index contributed by atoms with van der Waals surface area (Å²) in [5, 5.41) is 1.98. The molecule has 2 amide bonds. The van der Waals surface area contributed by atoms with Gasteiger partial charge in [0.05, 0.1) is 5.69 Å². The van der Waals surface area contributed by atoms with Crippen molar-refractivity contribution in [3.63, 3.8) is 0 Å². The van der Waals surface area contributed by atoms with Crippen LogP contribution in [0.2, 0.25) is 0 Å². The molecule has 0 aromatic heterocycles. The summed E-state index contributed by atoms with van der Waals surface area (Å²) in [6.45, 7) is 5.95. The summed E-state index contributed by atoms with van der Waals surface area (Å²) >= 11 is 2.14. The van der Waals surface area contributed by atoms with Gasteiger partial charge >= 0.3 is 6.03 Å². The Bertz CT molecular complexity index is 382. The minimum absolute atomic E-state index is 0.460. The van der Waals surface area contributed by atoms with E-state index >= 15 is 0 Å². The lowest BCUT2D eigenvalue weighted by molar-refractivity contribution is 0.216. The van der Waals surface area contributed by atoms with Gasteiger partial charge in [0, 0.05) is 10.6 Å². The molecule has 0 heterocycles. The van der Waals surface area contributed by atoms with Gasteiger partial charge in [-0.3, -0.25) is 5.01 Å². The minimum Gasteiger partial charge on any atom is -0.264 e. The van der Waals surface area contributed by atoms with Crippen LogP contribution in [0.4, 0.5) is 10.5 Å². The Morgan fingerprint density at radius 3 is 2.29 bits per heavy atom. The van der Waals surface area contributed by atoms with Crippen LogP contribution >= 0.6 is 22.6 Å². The summed E-state index contributed by atoms with van der Waals surface area (Å²) < 4.78 is 0.938. The number of carbonyl (C=O) groups is 1. The van der Waals surface area contributed by atoms with E-state index in [1.54, 1.807) is 6.07 Å². The number of anilines is 1. The molecular weight excluding hydrogens is 331 g/mol. The molecule has 1 aromatic rings.